The lowest BCUT2D eigenvalue weighted by Gasteiger charge is -2.14. The second kappa shape index (κ2) is 9.37. The maximum absolute atomic E-state index is 10.9. The summed E-state index contributed by atoms with van der Waals surface area (Å²) in [6.45, 7) is 2.25. The lowest BCUT2D eigenvalue weighted by atomic mass is 10.1. The molecule has 0 aromatic heterocycles. The Morgan fingerprint density at radius 3 is 1.93 bits per heavy atom. The lowest BCUT2D eigenvalue weighted by molar-refractivity contribution is -0.422. The molecule has 0 saturated carbocycles. The van der Waals surface area contributed by atoms with Gasteiger partial charge in [0.2, 0.25) is 5.70 Å². The van der Waals surface area contributed by atoms with Gasteiger partial charge in [0.15, 0.2) is 11.5 Å². The Labute approximate surface area is 164 Å². The van der Waals surface area contributed by atoms with Crippen LogP contribution >= 0.6 is 0 Å². The highest BCUT2D eigenvalue weighted by molar-refractivity contribution is 5.56. The van der Waals surface area contributed by atoms with Gasteiger partial charge in [0.05, 0.1) is 4.92 Å². The van der Waals surface area contributed by atoms with Gasteiger partial charge in [-0.2, -0.15) is 0 Å². The average molecular weight is 375 g/mol. The summed E-state index contributed by atoms with van der Waals surface area (Å²) in [6, 6.07) is 25.0. The Morgan fingerprint density at radius 2 is 1.39 bits per heavy atom. The highest BCUT2D eigenvalue weighted by Crippen LogP contribution is 2.31. The monoisotopic (exact) mass is 375 g/mol. The summed E-state index contributed by atoms with van der Waals surface area (Å²) in [5, 5.41) is 10.9. The van der Waals surface area contributed by atoms with Gasteiger partial charge in [-0.15, -0.1) is 0 Å². The lowest BCUT2D eigenvalue weighted by Crippen LogP contribution is -2.01. The molecular weight excluding hydrogens is 354 g/mol. The number of hydrogen-bond donors (Lipinski definition) is 0. The molecule has 0 atom stereocenters. The van der Waals surface area contributed by atoms with Gasteiger partial charge in [-0.25, -0.2) is 0 Å². The highest BCUT2D eigenvalue weighted by Gasteiger charge is 2.10. The van der Waals surface area contributed by atoms with E-state index in [9.17, 15) is 10.1 Å². The summed E-state index contributed by atoms with van der Waals surface area (Å²) < 4.78 is 11.9. The predicted octanol–water partition coefficient (Wildman–Crippen LogP) is 5.48. The Hall–Kier alpha value is -3.60. The first-order valence-corrected chi connectivity index (χ1v) is 8.92. The van der Waals surface area contributed by atoms with Crippen LogP contribution < -0.4 is 9.47 Å². The third kappa shape index (κ3) is 5.45. The fraction of sp³-hybridized carbons (Fsp3) is 0.130. The molecule has 0 saturated heterocycles. The zero-order chi connectivity index (χ0) is 19.8. The van der Waals surface area contributed by atoms with Crippen LogP contribution in [0.3, 0.4) is 0 Å². The van der Waals surface area contributed by atoms with Crippen molar-refractivity contribution in [3.63, 3.8) is 0 Å². The van der Waals surface area contributed by atoms with Crippen LogP contribution in [0.4, 0.5) is 0 Å². The molecule has 0 spiro atoms. The van der Waals surface area contributed by atoms with Crippen molar-refractivity contribution in [3.05, 3.63) is 111 Å². The van der Waals surface area contributed by atoms with E-state index in [1.807, 2.05) is 60.7 Å². The van der Waals surface area contributed by atoms with Crippen molar-refractivity contribution >= 4 is 6.08 Å². The fourth-order valence-electron chi connectivity index (χ4n) is 2.61. The molecular formula is C23H21NO4. The Kier molecular flexibility index (Phi) is 6.41. The maximum atomic E-state index is 10.9. The van der Waals surface area contributed by atoms with Gasteiger partial charge in [0.1, 0.15) is 13.2 Å². The minimum Gasteiger partial charge on any atom is -0.485 e. The summed E-state index contributed by atoms with van der Waals surface area (Å²) in [5.74, 6) is 1.14. The molecule has 5 nitrogen and oxygen atoms in total. The summed E-state index contributed by atoms with van der Waals surface area (Å²) in [6.07, 6.45) is 1.51. The van der Waals surface area contributed by atoms with Gasteiger partial charge in [0.25, 0.3) is 0 Å². The van der Waals surface area contributed by atoms with Crippen molar-refractivity contribution in [2.24, 2.45) is 0 Å². The van der Waals surface area contributed by atoms with Crippen LogP contribution in [0.5, 0.6) is 11.5 Å². The number of rotatable bonds is 8. The molecule has 0 aliphatic heterocycles. The largest absolute Gasteiger partial charge is 0.485 e. The van der Waals surface area contributed by atoms with Crippen molar-refractivity contribution in [2.45, 2.75) is 20.1 Å². The second-order valence-corrected chi connectivity index (χ2v) is 6.30. The third-order valence-corrected chi connectivity index (χ3v) is 4.11. The van der Waals surface area contributed by atoms with Gasteiger partial charge in [-0.1, -0.05) is 66.7 Å². The van der Waals surface area contributed by atoms with Crippen LogP contribution in [0.25, 0.3) is 6.08 Å². The minimum absolute atomic E-state index is 0.0620. The molecule has 5 heteroatoms. The SMILES string of the molecule is C/C(=C/c1ccc(OCc2ccccc2)c(OCc2ccccc2)c1)[N+](=O)[O-]. The van der Waals surface area contributed by atoms with Crippen molar-refractivity contribution in [1.29, 1.82) is 0 Å². The third-order valence-electron chi connectivity index (χ3n) is 4.11. The van der Waals surface area contributed by atoms with Crippen LogP contribution in [0.2, 0.25) is 0 Å². The summed E-state index contributed by atoms with van der Waals surface area (Å²) in [7, 11) is 0. The van der Waals surface area contributed by atoms with E-state index in [0.29, 0.717) is 30.3 Å². The summed E-state index contributed by atoms with van der Waals surface area (Å²) in [5.41, 5.74) is 2.82. The van der Waals surface area contributed by atoms with Crippen LogP contribution in [0.1, 0.15) is 23.6 Å². The van der Waals surface area contributed by atoms with E-state index < -0.39 is 4.92 Å². The molecule has 0 unspecified atom stereocenters. The number of benzene rings is 3. The predicted molar refractivity (Wildman–Crippen MR) is 109 cm³/mol. The Bertz CT molecular complexity index is 953. The van der Waals surface area contributed by atoms with Crippen LogP contribution in [-0.2, 0) is 13.2 Å². The molecule has 0 radical (unpaired) electrons. The van der Waals surface area contributed by atoms with E-state index in [1.165, 1.54) is 13.0 Å². The zero-order valence-corrected chi connectivity index (χ0v) is 15.6. The molecule has 0 amide bonds. The number of ether oxygens (including phenoxy) is 2. The van der Waals surface area contributed by atoms with Gasteiger partial charge in [0, 0.05) is 13.0 Å². The fourth-order valence-corrected chi connectivity index (χ4v) is 2.61. The van der Waals surface area contributed by atoms with Crippen molar-refractivity contribution < 1.29 is 14.4 Å². The Morgan fingerprint density at radius 1 is 0.857 bits per heavy atom. The van der Waals surface area contributed by atoms with Crippen molar-refractivity contribution in [3.8, 4) is 11.5 Å². The second-order valence-electron chi connectivity index (χ2n) is 6.30. The zero-order valence-electron chi connectivity index (χ0n) is 15.6. The normalized spacial score (nSPS) is 11.1. The maximum Gasteiger partial charge on any atom is 0.243 e. The number of nitrogens with zero attached hydrogens (tertiary/aromatic N) is 1. The summed E-state index contributed by atoms with van der Waals surface area (Å²) >= 11 is 0. The summed E-state index contributed by atoms with van der Waals surface area (Å²) in [4.78, 5) is 10.5. The first-order chi connectivity index (χ1) is 13.6. The molecule has 0 heterocycles. The van der Waals surface area contributed by atoms with E-state index in [4.69, 9.17) is 9.47 Å². The minimum atomic E-state index is -0.412. The number of nitro groups is 1. The van der Waals surface area contributed by atoms with Crippen LogP contribution in [-0.4, -0.2) is 4.92 Å². The van der Waals surface area contributed by atoms with Gasteiger partial charge in [-0.05, 0) is 28.8 Å². The van der Waals surface area contributed by atoms with Crippen LogP contribution in [0.15, 0.2) is 84.6 Å². The molecule has 0 N–H and O–H groups in total. The first kappa shape index (κ1) is 19.2. The first-order valence-electron chi connectivity index (χ1n) is 8.92. The number of allylic oxidation sites excluding steroid dienone is 1. The molecule has 0 fully saturated rings. The quantitative estimate of drug-likeness (QED) is 0.386. The number of hydrogen-bond acceptors (Lipinski definition) is 4. The molecule has 3 rings (SSSR count). The molecule has 0 aliphatic carbocycles. The van der Waals surface area contributed by atoms with E-state index >= 15 is 0 Å². The average Bonchev–Trinajstić information content (AvgIpc) is 2.73. The molecule has 28 heavy (non-hydrogen) atoms. The van der Waals surface area contributed by atoms with Crippen LogP contribution in [0, 0.1) is 10.1 Å². The van der Waals surface area contributed by atoms with Crippen molar-refractivity contribution in [2.75, 3.05) is 0 Å². The smallest absolute Gasteiger partial charge is 0.243 e. The topological polar surface area (TPSA) is 61.6 Å². The van der Waals surface area contributed by atoms with Gasteiger partial charge >= 0.3 is 0 Å². The van der Waals surface area contributed by atoms with E-state index in [2.05, 4.69) is 0 Å². The highest BCUT2D eigenvalue weighted by atomic mass is 16.6. The van der Waals surface area contributed by atoms with Crippen molar-refractivity contribution in [1.82, 2.24) is 0 Å². The van der Waals surface area contributed by atoms with Gasteiger partial charge in [-0.3, -0.25) is 10.1 Å². The standard InChI is InChI=1S/C23H21NO4/c1-18(24(25)26)14-21-12-13-22(27-16-19-8-4-2-5-9-19)23(15-21)28-17-20-10-6-3-7-11-20/h2-15H,16-17H2,1H3/b18-14-. The molecule has 0 bridgehead atoms. The molecule has 3 aromatic carbocycles. The van der Waals surface area contributed by atoms with E-state index in [-0.39, 0.29) is 5.70 Å². The van der Waals surface area contributed by atoms with Gasteiger partial charge < -0.3 is 9.47 Å². The molecule has 0 aliphatic rings. The van der Waals surface area contributed by atoms with E-state index in [0.717, 1.165) is 11.1 Å². The van der Waals surface area contributed by atoms with E-state index in [1.54, 1.807) is 18.2 Å². The molecule has 142 valence electrons. The Balaban J connectivity index is 1.82. The molecule has 3 aromatic rings.